The zero-order chi connectivity index (χ0) is 22.1. The van der Waals surface area contributed by atoms with Crippen LogP contribution in [0.25, 0.3) is 11.3 Å². The van der Waals surface area contributed by atoms with Crippen LogP contribution in [0.2, 0.25) is 0 Å². The van der Waals surface area contributed by atoms with Gasteiger partial charge in [0.2, 0.25) is 10.0 Å². The molecule has 0 bridgehead atoms. The summed E-state index contributed by atoms with van der Waals surface area (Å²) in [5, 5.41) is 6.28. The first-order valence-corrected chi connectivity index (χ1v) is 14.2. The van der Waals surface area contributed by atoms with Crippen LogP contribution in [0, 0.1) is 11.7 Å². The molecule has 0 radical (unpaired) electrons. The summed E-state index contributed by atoms with van der Waals surface area (Å²) in [5.74, 6) is 0.137. The fourth-order valence-electron chi connectivity index (χ4n) is 4.62. The molecule has 0 atom stereocenters. The second-order valence-electron chi connectivity index (χ2n) is 8.59. The Labute approximate surface area is 196 Å². The molecule has 2 aromatic heterocycles. The third kappa shape index (κ3) is 4.76. The number of thiazole rings is 1. The second-order valence-corrected chi connectivity index (χ2v) is 12.6. The Morgan fingerprint density at radius 3 is 2.75 bits per heavy atom. The van der Waals surface area contributed by atoms with Gasteiger partial charge in [0, 0.05) is 23.0 Å². The van der Waals surface area contributed by atoms with Gasteiger partial charge in [-0.1, -0.05) is 12.1 Å². The van der Waals surface area contributed by atoms with Crippen molar-refractivity contribution in [2.75, 3.05) is 11.9 Å². The van der Waals surface area contributed by atoms with Crippen molar-refractivity contribution in [2.24, 2.45) is 5.92 Å². The number of aryl methyl sites for hydroxylation is 2. The van der Waals surface area contributed by atoms with Gasteiger partial charge < -0.3 is 5.32 Å². The molecule has 0 amide bonds. The van der Waals surface area contributed by atoms with Gasteiger partial charge in [-0.3, -0.25) is 0 Å². The lowest BCUT2D eigenvalue weighted by molar-refractivity contribution is 0.337. The van der Waals surface area contributed by atoms with E-state index in [4.69, 9.17) is 4.98 Å². The van der Waals surface area contributed by atoms with Crippen LogP contribution in [-0.2, 0) is 22.9 Å². The average Bonchev–Trinajstić information content (AvgIpc) is 3.43. The van der Waals surface area contributed by atoms with Crippen LogP contribution in [0.3, 0.4) is 0 Å². The summed E-state index contributed by atoms with van der Waals surface area (Å²) in [4.78, 5) is 6.08. The maximum atomic E-state index is 13.9. The van der Waals surface area contributed by atoms with Crippen molar-refractivity contribution in [2.45, 2.75) is 55.2 Å². The third-order valence-electron chi connectivity index (χ3n) is 6.37. The maximum Gasteiger partial charge on any atom is 0.250 e. The van der Waals surface area contributed by atoms with Crippen molar-refractivity contribution in [3.05, 3.63) is 52.0 Å². The molecule has 2 N–H and O–H groups in total. The van der Waals surface area contributed by atoms with Gasteiger partial charge in [-0.25, -0.2) is 22.5 Å². The molecule has 0 aliphatic heterocycles. The fraction of sp³-hybridized carbons (Fsp3) is 0.435. The number of hydrogen-bond acceptors (Lipinski definition) is 6. The summed E-state index contributed by atoms with van der Waals surface area (Å²) in [6, 6.07) is 8.77. The number of nitrogens with zero attached hydrogens (tertiary/aromatic N) is 1. The molecule has 1 aromatic carbocycles. The minimum atomic E-state index is -3.39. The van der Waals surface area contributed by atoms with Gasteiger partial charge in [-0.15, -0.1) is 22.7 Å². The number of thiophene rings is 1. The fourth-order valence-corrected chi connectivity index (χ4v) is 7.87. The lowest BCUT2D eigenvalue weighted by Crippen LogP contribution is -2.33. The highest BCUT2D eigenvalue weighted by molar-refractivity contribution is 7.91. The van der Waals surface area contributed by atoms with E-state index in [1.54, 1.807) is 34.9 Å². The predicted octanol–water partition coefficient (Wildman–Crippen LogP) is 5.45. The van der Waals surface area contributed by atoms with Crippen molar-refractivity contribution >= 4 is 37.8 Å². The quantitative estimate of drug-likeness (QED) is 0.481. The van der Waals surface area contributed by atoms with E-state index in [2.05, 4.69) is 10.0 Å². The molecule has 1 saturated carbocycles. The molecule has 170 valence electrons. The molecule has 2 aliphatic rings. The minimum Gasteiger partial charge on any atom is -0.359 e. The summed E-state index contributed by atoms with van der Waals surface area (Å²) in [5.41, 5.74) is 3.04. The summed E-state index contributed by atoms with van der Waals surface area (Å²) in [7, 11) is -3.39. The van der Waals surface area contributed by atoms with E-state index in [1.165, 1.54) is 27.8 Å². The van der Waals surface area contributed by atoms with Crippen LogP contribution >= 0.6 is 22.7 Å². The normalized spacial score (nSPS) is 20.9. The monoisotopic (exact) mass is 491 g/mol. The van der Waals surface area contributed by atoms with Crippen LogP contribution in [-0.4, -0.2) is 26.0 Å². The number of rotatable bonds is 6. The van der Waals surface area contributed by atoms with Gasteiger partial charge in [-0.05, 0) is 80.0 Å². The predicted molar refractivity (Wildman–Crippen MR) is 128 cm³/mol. The van der Waals surface area contributed by atoms with Crippen LogP contribution < -0.4 is 10.0 Å². The number of aromatic nitrogens is 1. The molecule has 32 heavy (non-hydrogen) atoms. The third-order valence-corrected chi connectivity index (χ3v) is 10.2. The lowest BCUT2D eigenvalue weighted by Gasteiger charge is -2.29. The van der Waals surface area contributed by atoms with Crippen molar-refractivity contribution in [3.63, 3.8) is 0 Å². The Bertz CT molecular complexity index is 1180. The van der Waals surface area contributed by atoms with E-state index in [9.17, 15) is 12.8 Å². The molecule has 2 heterocycles. The van der Waals surface area contributed by atoms with Crippen LogP contribution in [0.15, 0.2) is 39.9 Å². The molecule has 2 aliphatic carbocycles. The highest BCUT2D eigenvalue weighted by Gasteiger charge is 2.25. The molecule has 9 heteroatoms. The standard InChI is InChI=1S/C23H26FN3O2S3/c24-17-9-8-16-3-1-4-20-22(19(16)13-17)27-23(31-20)26-18-10-6-15(7-11-18)14-25-32(28,29)21-5-2-12-30-21/h2,5,8-9,12-13,15,18,25H,1,3-4,6-7,10-11,14H2,(H,26,27)/t15-,18-. The van der Waals surface area contributed by atoms with Crippen molar-refractivity contribution in [1.82, 2.24) is 9.71 Å². The van der Waals surface area contributed by atoms with E-state index in [1.807, 2.05) is 6.07 Å². The SMILES string of the molecule is O=S(=O)(NC[C@H]1CC[C@H](Nc2nc3c(s2)CCCc2ccc(F)cc2-3)CC1)c1cccs1. The molecule has 1 fully saturated rings. The van der Waals surface area contributed by atoms with Gasteiger partial charge >= 0.3 is 0 Å². The van der Waals surface area contributed by atoms with Crippen LogP contribution in [0.1, 0.15) is 42.5 Å². The average molecular weight is 492 g/mol. The van der Waals surface area contributed by atoms with E-state index in [-0.39, 0.29) is 5.82 Å². The number of halogens is 1. The topological polar surface area (TPSA) is 71.1 Å². The zero-order valence-electron chi connectivity index (χ0n) is 17.6. The maximum absolute atomic E-state index is 13.9. The molecule has 0 saturated heterocycles. The summed E-state index contributed by atoms with van der Waals surface area (Å²) in [6.45, 7) is 0.487. The van der Waals surface area contributed by atoms with Gasteiger partial charge in [0.05, 0.1) is 5.69 Å². The number of benzene rings is 1. The first kappa shape index (κ1) is 22.0. The highest BCUT2D eigenvalue weighted by atomic mass is 32.2. The summed E-state index contributed by atoms with van der Waals surface area (Å²) in [6.07, 6.45) is 6.92. The molecule has 0 spiro atoms. The zero-order valence-corrected chi connectivity index (χ0v) is 20.1. The number of fused-ring (bicyclic) bond motifs is 3. The minimum absolute atomic E-state index is 0.216. The molecular formula is C23H26FN3O2S3. The number of anilines is 1. The Morgan fingerprint density at radius 2 is 1.97 bits per heavy atom. The van der Waals surface area contributed by atoms with Gasteiger partial charge in [0.1, 0.15) is 10.0 Å². The number of hydrogen-bond donors (Lipinski definition) is 2. The summed E-state index contributed by atoms with van der Waals surface area (Å²) < 4.78 is 41.7. The second kappa shape index (κ2) is 9.21. The Kier molecular flexibility index (Phi) is 6.33. The van der Waals surface area contributed by atoms with Gasteiger partial charge in [-0.2, -0.15) is 0 Å². The number of sulfonamides is 1. The van der Waals surface area contributed by atoms with Crippen molar-refractivity contribution < 1.29 is 12.8 Å². The molecule has 0 unspecified atom stereocenters. The largest absolute Gasteiger partial charge is 0.359 e. The Hall–Kier alpha value is -1.81. The first-order valence-electron chi connectivity index (χ1n) is 11.1. The van der Waals surface area contributed by atoms with Crippen molar-refractivity contribution in [1.29, 1.82) is 0 Å². The lowest BCUT2D eigenvalue weighted by atomic mass is 9.86. The van der Waals surface area contributed by atoms with Crippen LogP contribution in [0.5, 0.6) is 0 Å². The highest BCUT2D eigenvalue weighted by Crippen LogP contribution is 2.38. The number of nitrogens with one attached hydrogen (secondary N) is 2. The Morgan fingerprint density at radius 1 is 1.12 bits per heavy atom. The summed E-state index contributed by atoms with van der Waals surface area (Å²) >= 11 is 2.93. The van der Waals surface area contributed by atoms with E-state index in [0.717, 1.165) is 61.3 Å². The molecule has 3 aromatic rings. The van der Waals surface area contributed by atoms with Crippen LogP contribution in [0.4, 0.5) is 9.52 Å². The van der Waals surface area contributed by atoms with E-state index in [0.29, 0.717) is 22.7 Å². The molecule has 5 rings (SSSR count). The molecular weight excluding hydrogens is 465 g/mol. The van der Waals surface area contributed by atoms with Crippen molar-refractivity contribution in [3.8, 4) is 11.3 Å². The molecule has 5 nitrogen and oxygen atoms in total. The smallest absolute Gasteiger partial charge is 0.250 e. The van der Waals surface area contributed by atoms with Gasteiger partial charge in [0.15, 0.2) is 5.13 Å². The Balaban J connectivity index is 1.18. The van der Waals surface area contributed by atoms with Gasteiger partial charge in [0.25, 0.3) is 0 Å². The first-order chi connectivity index (χ1) is 15.5. The van der Waals surface area contributed by atoms with E-state index >= 15 is 0 Å². The van der Waals surface area contributed by atoms with E-state index < -0.39 is 10.0 Å².